The summed E-state index contributed by atoms with van der Waals surface area (Å²) in [6.45, 7) is 9.01. The lowest BCUT2D eigenvalue weighted by Gasteiger charge is -2.52. The zero-order valence-corrected chi connectivity index (χ0v) is 20.1. The third-order valence-corrected chi connectivity index (χ3v) is 11.7. The average molecular weight is 412 g/mol. The van der Waals surface area contributed by atoms with Crippen LogP contribution in [0.25, 0.3) is 0 Å². The number of rotatable bonds is 0. The maximum atomic E-state index is 7.06. The van der Waals surface area contributed by atoms with Gasteiger partial charge < -0.3 is 9.64 Å². The molecule has 2 aliphatic heterocycles. The molecule has 2 saturated heterocycles. The van der Waals surface area contributed by atoms with Gasteiger partial charge in [-0.15, -0.1) is 0 Å². The van der Waals surface area contributed by atoms with Gasteiger partial charge in [0, 0.05) is 12.0 Å². The Morgan fingerprint density at radius 2 is 1.87 bits per heavy atom. The Morgan fingerprint density at radius 1 is 1.00 bits per heavy atom. The smallest absolute Gasteiger partial charge is 0.0765 e. The number of likely N-dealkylation sites (tertiary alicyclic amines) is 1. The molecule has 0 bridgehead atoms. The Morgan fingerprint density at radius 3 is 2.70 bits per heavy atom. The average Bonchev–Trinajstić information content (AvgIpc) is 3.19. The minimum absolute atomic E-state index is 0.122. The number of nitrogens with zero attached hydrogens (tertiary/aromatic N) is 1. The number of fused-ring (bicyclic) bond motifs is 6. The summed E-state index contributed by atoms with van der Waals surface area (Å²) in [6, 6.07) is 0.652. The van der Waals surface area contributed by atoms with Gasteiger partial charge in [-0.3, -0.25) is 0 Å². The van der Waals surface area contributed by atoms with Crippen LogP contribution in [-0.2, 0) is 4.74 Å². The van der Waals surface area contributed by atoms with Crippen molar-refractivity contribution in [2.45, 2.75) is 116 Å². The molecule has 9 atom stereocenters. The monoisotopic (exact) mass is 411 g/mol. The molecule has 6 rings (SSSR count). The Labute approximate surface area is 185 Å². The summed E-state index contributed by atoms with van der Waals surface area (Å²) in [6.07, 6.45) is 17.5. The first kappa shape index (κ1) is 20.3. The molecular weight excluding hydrogens is 366 g/mol. The number of ether oxygens (including phenoxy) is 1. The molecule has 2 heterocycles. The highest BCUT2D eigenvalue weighted by atomic mass is 16.5. The first-order valence-electron chi connectivity index (χ1n) is 13.5. The molecule has 0 amide bonds. The minimum atomic E-state index is 0.122. The summed E-state index contributed by atoms with van der Waals surface area (Å²) in [4.78, 5) is 2.63. The highest BCUT2D eigenvalue weighted by Gasteiger charge is 2.59. The van der Waals surface area contributed by atoms with E-state index in [9.17, 15) is 0 Å². The molecule has 5 fully saturated rings. The first-order chi connectivity index (χ1) is 14.4. The molecule has 0 aromatic rings. The van der Waals surface area contributed by atoms with Crippen LogP contribution in [0.4, 0.5) is 0 Å². The number of likely N-dealkylation sites (N-methyl/N-ethyl adjacent to an activating group) is 1. The van der Waals surface area contributed by atoms with Crippen molar-refractivity contribution in [2.24, 2.45) is 35.0 Å². The van der Waals surface area contributed by atoms with E-state index in [1.807, 2.05) is 5.57 Å². The number of piperidine rings is 1. The van der Waals surface area contributed by atoms with E-state index in [0.717, 1.165) is 23.7 Å². The first-order valence-corrected chi connectivity index (χ1v) is 13.5. The fourth-order valence-corrected chi connectivity index (χ4v) is 10.1. The van der Waals surface area contributed by atoms with Gasteiger partial charge in [0.15, 0.2) is 0 Å². The fourth-order valence-electron chi connectivity index (χ4n) is 10.1. The highest BCUT2D eigenvalue weighted by molar-refractivity contribution is 5.29. The fraction of sp³-hybridized carbons (Fsp3) is 0.929. The van der Waals surface area contributed by atoms with Crippen LogP contribution in [0.2, 0.25) is 0 Å². The number of allylic oxidation sites excluding steroid dienone is 1. The van der Waals surface area contributed by atoms with Gasteiger partial charge >= 0.3 is 0 Å². The molecule has 3 saturated carbocycles. The summed E-state index contributed by atoms with van der Waals surface area (Å²) in [5.74, 6) is 4.54. The van der Waals surface area contributed by atoms with Crippen molar-refractivity contribution in [1.82, 2.24) is 4.90 Å². The maximum absolute atomic E-state index is 7.06. The van der Waals surface area contributed by atoms with E-state index in [0.29, 0.717) is 23.5 Å². The Hall–Kier alpha value is -0.340. The van der Waals surface area contributed by atoms with Crippen LogP contribution < -0.4 is 0 Å². The summed E-state index contributed by atoms with van der Waals surface area (Å²) in [7, 11) is 2.35. The summed E-state index contributed by atoms with van der Waals surface area (Å²) >= 11 is 0. The van der Waals surface area contributed by atoms with Crippen molar-refractivity contribution in [2.75, 3.05) is 13.6 Å². The Bertz CT molecular complexity index is 728. The number of hydrogen-bond acceptors (Lipinski definition) is 2. The van der Waals surface area contributed by atoms with Crippen LogP contribution in [0.3, 0.4) is 0 Å². The lowest BCUT2D eigenvalue weighted by atomic mass is 9.52. The minimum Gasteiger partial charge on any atom is -0.369 e. The molecule has 168 valence electrons. The molecule has 2 nitrogen and oxygen atoms in total. The van der Waals surface area contributed by atoms with Gasteiger partial charge in [0.05, 0.1) is 11.7 Å². The van der Waals surface area contributed by atoms with E-state index in [-0.39, 0.29) is 5.60 Å². The van der Waals surface area contributed by atoms with Crippen molar-refractivity contribution in [3.8, 4) is 0 Å². The molecule has 0 aromatic carbocycles. The van der Waals surface area contributed by atoms with Gasteiger partial charge in [-0.2, -0.15) is 0 Å². The quantitative estimate of drug-likeness (QED) is 0.416. The van der Waals surface area contributed by atoms with E-state index in [2.05, 4.69) is 32.7 Å². The maximum Gasteiger partial charge on any atom is 0.0765 e. The summed E-state index contributed by atoms with van der Waals surface area (Å²) < 4.78 is 7.06. The van der Waals surface area contributed by atoms with Crippen LogP contribution >= 0.6 is 0 Å². The lowest BCUT2D eigenvalue weighted by Crippen LogP contribution is -2.47. The van der Waals surface area contributed by atoms with Gasteiger partial charge in [0.25, 0.3) is 0 Å². The van der Waals surface area contributed by atoms with E-state index >= 15 is 0 Å². The highest BCUT2D eigenvalue weighted by Crippen LogP contribution is 2.65. The van der Waals surface area contributed by atoms with Gasteiger partial charge in [-0.25, -0.2) is 0 Å². The van der Waals surface area contributed by atoms with Gasteiger partial charge in [-0.05, 0) is 114 Å². The third kappa shape index (κ3) is 2.74. The molecule has 1 spiro atoms. The van der Waals surface area contributed by atoms with Crippen LogP contribution in [-0.4, -0.2) is 36.2 Å². The predicted octanol–water partition coefficient (Wildman–Crippen LogP) is 6.60. The number of hydrogen-bond donors (Lipinski definition) is 0. The lowest BCUT2D eigenvalue weighted by molar-refractivity contribution is -0.0741. The molecule has 4 aliphatic carbocycles. The molecule has 30 heavy (non-hydrogen) atoms. The topological polar surface area (TPSA) is 12.5 Å². The van der Waals surface area contributed by atoms with Gasteiger partial charge in [0.2, 0.25) is 0 Å². The SMILES string of the molecule is CC1=C2CC3C(CCC4CCCCC43C)C2CCC2(C1)OC1CCCN(C)C1C2C. The van der Waals surface area contributed by atoms with Crippen molar-refractivity contribution < 1.29 is 4.74 Å². The second-order valence-electron chi connectivity index (χ2n) is 12.8. The van der Waals surface area contributed by atoms with Crippen LogP contribution in [0.15, 0.2) is 11.1 Å². The van der Waals surface area contributed by atoms with Crippen LogP contribution in [0.1, 0.15) is 97.8 Å². The zero-order chi connectivity index (χ0) is 20.7. The van der Waals surface area contributed by atoms with Gasteiger partial charge in [-0.1, -0.05) is 37.8 Å². The van der Waals surface area contributed by atoms with Crippen molar-refractivity contribution >= 4 is 0 Å². The summed E-state index contributed by atoms with van der Waals surface area (Å²) in [5.41, 5.74) is 4.42. The largest absolute Gasteiger partial charge is 0.369 e. The van der Waals surface area contributed by atoms with E-state index in [4.69, 9.17) is 4.74 Å². The molecule has 9 unspecified atom stereocenters. The van der Waals surface area contributed by atoms with E-state index in [1.165, 1.54) is 83.6 Å². The zero-order valence-electron chi connectivity index (χ0n) is 20.1. The molecular formula is C28H45NO. The van der Waals surface area contributed by atoms with E-state index < -0.39 is 0 Å². The van der Waals surface area contributed by atoms with Crippen molar-refractivity contribution in [3.63, 3.8) is 0 Å². The molecule has 2 heteroatoms. The normalized spacial score (nSPS) is 53.8. The predicted molar refractivity (Wildman–Crippen MR) is 123 cm³/mol. The van der Waals surface area contributed by atoms with E-state index in [1.54, 1.807) is 5.57 Å². The van der Waals surface area contributed by atoms with Gasteiger partial charge in [0.1, 0.15) is 0 Å². The second-order valence-corrected chi connectivity index (χ2v) is 12.8. The molecule has 0 N–H and O–H groups in total. The van der Waals surface area contributed by atoms with Crippen LogP contribution in [0.5, 0.6) is 0 Å². The molecule has 0 radical (unpaired) electrons. The molecule has 6 aliphatic rings. The van der Waals surface area contributed by atoms with Crippen molar-refractivity contribution in [3.05, 3.63) is 11.1 Å². The molecule has 0 aromatic heterocycles. The van der Waals surface area contributed by atoms with Crippen molar-refractivity contribution in [1.29, 1.82) is 0 Å². The Kier molecular flexibility index (Phi) is 4.78. The van der Waals surface area contributed by atoms with Crippen LogP contribution in [0, 0.1) is 35.0 Å². The summed E-state index contributed by atoms with van der Waals surface area (Å²) in [5, 5.41) is 0. The standard InChI is InChI=1S/C28H45NO/c1-18-17-28(19(2)26-25(30-28)9-7-15-29(26)4)14-12-21-22-11-10-20-8-5-6-13-27(20,3)24(22)16-23(18)21/h19-22,24-26H,5-17H2,1-4H3. The second kappa shape index (κ2) is 7.08. The Balaban J connectivity index is 1.30. The third-order valence-electron chi connectivity index (χ3n) is 11.7.